The van der Waals surface area contributed by atoms with E-state index in [4.69, 9.17) is 5.11 Å². The minimum absolute atomic E-state index is 0.221. The fourth-order valence-corrected chi connectivity index (χ4v) is 1.50. The minimum atomic E-state index is 0.221. The van der Waals surface area contributed by atoms with E-state index in [0.717, 1.165) is 24.7 Å². The van der Waals surface area contributed by atoms with E-state index in [0.29, 0.717) is 0 Å². The van der Waals surface area contributed by atoms with E-state index in [1.807, 2.05) is 6.07 Å². The molecule has 0 aliphatic carbocycles. The molecule has 1 rings (SSSR count). The predicted octanol–water partition coefficient (Wildman–Crippen LogP) is 2.31. The van der Waals surface area contributed by atoms with Gasteiger partial charge in [0.1, 0.15) is 5.75 Å². The van der Waals surface area contributed by atoms with Crippen LogP contribution < -0.4 is 5.32 Å². The van der Waals surface area contributed by atoms with Gasteiger partial charge >= 0.3 is 0 Å². The molecule has 3 heteroatoms. The monoisotopic (exact) mass is 208 g/mol. The molecular weight excluding hydrogens is 188 g/mol. The molecule has 0 saturated carbocycles. The number of nitrogens with one attached hydrogen (secondary N) is 1. The quantitative estimate of drug-likeness (QED) is 0.754. The Kier molecular flexibility index (Phi) is 5.12. The molecule has 0 amide bonds. The molecule has 1 aromatic rings. The van der Waals surface area contributed by atoms with Crippen molar-refractivity contribution in [2.24, 2.45) is 5.92 Å². The van der Waals surface area contributed by atoms with Crippen LogP contribution in [0, 0.1) is 5.92 Å². The first-order chi connectivity index (χ1) is 7.26. The van der Waals surface area contributed by atoms with E-state index < -0.39 is 0 Å². The van der Waals surface area contributed by atoms with Crippen LogP contribution in [0.1, 0.15) is 32.4 Å². The maximum absolute atomic E-state index is 9.06. The Hall–Kier alpha value is -1.09. The van der Waals surface area contributed by atoms with Gasteiger partial charge in [0.15, 0.2) is 0 Å². The molecule has 2 N–H and O–H groups in total. The summed E-state index contributed by atoms with van der Waals surface area (Å²) in [6.45, 7) is 6.25. The second-order valence-corrected chi connectivity index (χ2v) is 3.82. The van der Waals surface area contributed by atoms with Gasteiger partial charge in [-0.25, -0.2) is 0 Å². The maximum atomic E-state index is 9.06. The third-order valence-electron chi connectivity index (χ3n) is 2.70. The molecule has 0 saturated heterocycles. The topological polar surface area (TPSA) is 45.1 Å². The van der Waals surface area contributed by atoms with Gasteiger partial charge in [-0.15, -0.1) is 0 Å². The standard InChI is InChI=1S/C12H20N2O/c1-3-10(4-2)7-13-8-11-5-6-12(15)9-14-11/h5-6,9-10,13,15H,3-4,7-8H2,1-2H3. The first-order valence-electron chi connectivity index (χ1n) is 5.60. The van der Waals surface area contributed by atoms with Gasteiger partial charge in [0.05, 0.1) is 11.9 Å². The Morgan fingerprint density at radius 2 is 2.07 bits per heavy atom. The molecule has 0 bridgehead atoms. The van der Waals surface area contributed by atoms with Crippen molar-refractivity contribution in [1.82, 2.24) is 10.3 Å². The summed E-state index contributed by atoms with van der Waals surface area (Å²) >= 11 is 0. The third-order valence-corrected chi connectivity index (χ3v) is 2.70. The van der Waals surface area contributed by atoms with Gasteiger partial charge in [-0.2, -0.15) is 0 Å². The normalized spacial score (nSPS) is 10.9. The third kappa shape index (κ3) is 4.30. The van der Waals surface area contributed by atoms with Crippen LogP contribution in [-0.4, -0.2) is 16.6 Å². The molecule has 0 fully saturated rings. The van der Waals surface area contributed by atoms with Crippen LogP contribution in [0.15, 0.2) is 18.3 Å². The van der Waals surface area contributed by atoms with E-state index in [2.05, 4.69) is 24.1 Å². The summed E-state index contributed by atoms with van der Waals surface area (Å²) in [4.78, 5) is 4.11. The predicted molar refractivity (Wildman–Crippen MR) is 61.7 cm³/mol. The summed E-state index contributed by atoms with van der Waals surface area (Å²) in [5, 5.41) is 12.4. The second kappa shape index (κ2) is 6.40. The summed E-state index contributed by atoms with van der Waals surface area (Å²) in [5.74, 6) is 0.973. The van der Waals surface area contributed by atoms with Crippen LogP contribution in [0.4, 0.5) is 0 Å². The van der Waals surface area contributed by atoms with Crippen LogP contribution in [0.25, 0.3) is 0 Å². The average molecular weight is 208 g/mol. The van der Waals surface area contributed by atoms with E-state index in [9.17, 15) is 0 Å². The van der Waals surface area contributed by atoms with Crippen molar-refractivity contribution in [2.75, 3.05) is 6.54 Å². The largest absolute Gasteiger partial charge is 0.506 e. The first kappa shape index (κ1) is 12.0. The summed E-state index contributed by atoms with van der Waals surface area (Å²) in [6.07, 6.45) is 3.91. The molecule has 0 aromatic carbocycles. The highest BCUT2D eigenvalue weighted by Gasteiger charge is 2.02. The Bertz CT molecular complexity index is 267. The highest BCUT2D eigenvalue weighted by atomic mass is 16.3. The van der Waals surface area contributed by atoms with E-state index in [-0.39, 0.29) is 5.75 Å². The van der Waals surface area contributed by atoms with Gasteiger partial charge in [-0.1, -0.05) is 26.7 Å². The molecule has 0 radical (unpaired) electrons. The number of hydrogen-bond acceptors (Lipinski definition) is 3. The Labute approximate surface area is 91.5 Å². The summed E-state index contributed by atoms with van der Waals surface area (Å²) in [5.41, 5.74) is 0.971. The molecule has 0 spiro atoms. The summed E-state index contributed by atoms with van der Waals surface area (Å²) in [7, 11) is 0. The zero-order valence-corrected chi connectivity index (χ0v) is 9.53. The van der Waals surface area contributed by atoms with Gasteiger partial charge in [-0.05, 0) is 24.6 Å². The molecule has 15 heavy (non-hydrogen) atoms. The molecule has 3 nitrogen and oxygen atoms in total. The SMILES string of the molecule is CCC(CC)CNCc1ccc(O)cn1. The molecule has 0 unspecified atom stereocenters. The molecule has 0 aliphatic rings. The molecular formula is C12H20N2O. The van der Waals surface area contributed by atoms with Crippen molar-refractivity contribution in [1.29, 1.82) is 0 Å². The molecule has 0 aliphatic heterocycles. The van der Waals surface area contributed by atoms with Gasteiger partial charge < -0.3 is 10.4 Å². The molecule has 84 valence electrons. The second-order valence-electron chi connectivity index (χ2n) is 3.82. The number of aromatic nitrogens is 1. The Morgan fingerprint density at radius 1 is 1.33 bits per heavy atom. The van der Waals surface area contributed by atoms with E-state index in [1.165, 1.54) is 19.0 Å². The average Bonchev–Trinajstić information content (AvgIpc) is 2.27. The summed E-state index contributed by atoms with van der Waals surface area (Å²) < 4.78 is 0. The number of rotatable bonds is 6. The lowest BCUT2D eigenvalue weighted by Crippen LogP contribution is -2.22. The van der Waals surface area contributed by atoms with Gasteiger partial charge in [-0.3, -0.25) is 4.98 Å². The van der Waals surface area contributed by atoms with Crippen molar-refractivity contribution in [3.63, 3.8) is 0 Å². The summed E-state index contributed by atoms with van der Waals surface area (Å²) in [6, 6.07) is 3.51. The number of aromatic hydroxyl groups is 1. The zero-order valence-electron chi connectivity index (χ0n) is 9.53. The number of pyridine rings is 1. The van der Waals surface area contributed by atoms with Crippen molar-refractivity contribution in [2.45, 2.75) is 33.2 Å². The lowest BCUT2D eigenvalue weighted by molar-refractivity contribution is 0.446. The lowest BCUT2D eigenvalue weighted by Gasteiger charge is -2.12. The van der Waals surface area contributed by atoms with Crippen molar-refractivity contribution < 1.29 is 5.11 Å². The fraction of sp³-hybridized carbons (Fsp3) is 0.583. The van der Waals surface area contributed by atoms with Crippen molar-refractivity contribution in [3.05, 3.63) is 24.0 Å². The van der Waals surface area contributed by atoms with Crippen LogP contribution in [0.3, 0.4) is 0 Å². The molecule has 1 aromatic heterocycles. The van der Waals surface area contributed by atoms with Crippen LogP contribution in [0.5, 0.6) is 5.75 Å². The van der Waals surface area contributed by atoms with E-state index >= 15 is 0 Å². The van der Waals surface area contributed by atoms with Gasteiger partial charge in [0, 0.05) is 6.54 Å². The fourth-order valence-electron chi connectivity index (χ4n) is 1.50. The molecule has 0 atom stereocenters. The van der Waals surface area contributed by atoms with Crippen LogP contribution in [0.2, 0.25) is 0 Å². The van der Waals surface area contributed by atoms with Gasteiger partial charge in [0.25, 0.3) is 0 Å². The number of hydrogen-bond donors (Lipinski definition) is 2. The van der Waals surface area contributed by atoms with Crippen LogP contribution in [-0.2, 0) is 6.54 Å². The zero-order chi connectivity index (χ0) is 11.1. The number of nitrogens with zero attached hydrogens (tertiary/aromatic N) is 1. The van der Waals surface area contributed by atoms with Crippen LogP contribution >= 0.6 is 0 Å². The lowest BCUT2D eigenvalue weighted by atomic mass is 10.0. The smallest absolute Gasteiger partial charge is 0.133 e. The Balaban J connectivity index is 2.28. The first-order valence-corrected chi connectivity index (χ1v) is 5.60. The van der Waals surface area contributed by atoms with Crippen molar-refractivity contribution >= 4 is 0 Å². The van der Waals surface area contributed by atoms with E-state index in [1.54, 1.807) is 6.07 Å². The van der Waals surface area contributed by atoms with Gasteiger partial charge in [0.2, 0.25) is 0 Å². The highest BCUT2D eigenvalue weighted by molar-refractivity contribution is 5.17. The van der Waals surface area contributed by atoms with Crippen molar-refractivity contribution in [3.8, 4) is 5.75 Å². The Morgan fingerprint density at radius 3 is 2.60 bits per heavy atom. The maximum Gasteiger partial charge on any atom is 0.133 e. The highest BCUT2D eigenvalue weighted by Crippen LogP contribution is 2.07. The minimum Gasteiger partial charge on any atom is -0.506 e. The molecule has 1 heterocycles.